The normalized spacial score (nSPS) is 10.8. The molecule has 0 N–H and O–H groups in total. The fraction of sp³-hybridized carbons (Fsp3) is 0.190. The van der Waals surface area contributed by atoms with Gasteiger partial charge in [0.05, 0.1) is 31.0 Å². The Hall–Kier alpha value is -3.59. The van der Waals surface area contributed by atoms with Crippen LogP contribution in [0.5, 0.6) is 11.9 Å². The zero-order valence-electron chi connectivity index (χ0n) is 16.7. The average molecular weight is 421 g/mol. The Morgan fingerprint density at radius 2 is 1.97 bits per heavy atom. The largest absolute Gasteiger partial charge is 0.481 e. The molecule has 4 aromatic rings. The molecule has 9 heteroatoms. The van der Waals surface area contributed by atoms with E-state index in [4.69, 9.17) is 9.47 Å². The van der Waals surface area contributed by atoms with Crippen LogP contribution in [-0.4, -0.2) is 40.1 Å². The maximum atomic E-state index is 13.5. The number of aryl methyl sites for hydroxylation is 1. The second-order valence-corrected chi connectivity index (χ2v) is 7.51. The quantitative estimate of drug-likeness (QED) is 0.469. The number of hydrogen-bond donors (Lipinski definition) is 0. The van der Waals surface area contributed by atoms with E-state index < -0.39 is 0 Å². The number of benzene rings is 1. The number of pyridine rings is 1. The molecule has 0 spiro atoms. The van der Waals surface area contributed by atoms with Crippen LogP contribution >= 0.6 is 11.3 Å². The molecule has 0 aliphatic carbocycles. The SMILES string of the molecule is COc1cc(C(=O)N(Cc2cccnc2)c2nc3ccc(C)cc3s2)nc(OC)n1. The molecule has 1 amide bonds. The first kappa shape index (κ1) is 19.7. The summed E-state index contributed by atoms with van der Waals surface area (Å²) >= 11 is 1.45. The molecule has 0 unspecified atom stereocenters. The van der Waals surface area contributed by atoms with Crippen LogP contribution in [0, 0.1) is 6.92 Å². The molecule has 3 heterocycles. The molecule has 0 aliphatic rings. The number of nitrogens with zero attached hydrogens (tertiary/aromatic N) is 5. The summed E-state index contributed by atoms with van der Waals surface area (Å²) in [5.41, 5.74) is 2.99. The van der Waals surface area contributed by atoms with E-state index in [1.807, 2.05) is 31.2 Å². The van der Waals surface area contributed by atoms with Gasteiger partial charge < -0.3 is 9.47 Å². The maximum absolute atomic E-state index is 13.5. The summed E-state index contributed by atoms with van der Waals surface area (Å²) in [6.45, 7) is 2.32. The lowest BCUT2D eigenvalue weighted by molar-refractivity contribution is 0.0978. The van der Waals surface area contributed by atoms with Crippen molar-refractivity contribution >= 4 is 32.6 Å². The molecule has 3 aromatic heterocycles. The van der Waals surface area contributed by atoms with E-state index in [2.05, 4.69) is 26.0 Å². The fourth-order valence-electron chi connectivity index (χ4n) is 2.88. The molecule has 30 heavy (non-hydrogen) atoms. The van der Waals surface area contributed by atoms with Crippen molar-refractivity contribution in [2.24, 2.45) is 0 Å². The van der Waals surface area contributed by atoms with E-state index in [1.165, 1.54) is 31.6 Å². The molecule has 0 fully saturated rings. The Morgan fingerprint density at radius 1 is 1.10 bits per heavy atom. The van der Waals surface area contributed by atoms with Crippen molar-refractivity contribution in [3.8, 4) is 11.9 Å². The minimum absolute atomic E-state index is 0.0546. The van der Waals surface area contributed by atoms with Gasteiger partial charge in [0.2, 0.25) is 5.88 Å². The molecule has 0 saturated heterocycles. The second-order valence-electron chi connectivity index (χ2n) is 6.50. The number of ether oxygens (including phenoxy) is 2. The third-order valence-electron chi connectivity index (χ3n) is 4.37. The van der Waals surface area contributed by atoms with Gasteiger partial charge in [-0.05, 0) is 36.2 Å². The average Bonchev–Trinajstić information content (AvgIpc) is 3.20. The summed E-state index contributed by atoms with van der Waals surface area (Å²) < 4.78 is 11.3. The molecular weight excluding hydrogens is 402 g/mol. The van der Waals surface area contributed by atoms with E-state index >= 15 is 0 Å². The topological polar surface area (TPSA) is 90.3 Å². The predicted octanol–water partition coefficient (Wildman–Crippen LogP) is 3.65. The first-order valence-electron chi connectivity index (χ1n) is 9.12. The van der Waals surface area contributed by atoms with Crippen LogP contribution in [0.15, 0.2) is 48.8 Å². The third-order valence-corrected chi connectivity index (χ3v) is 5.41. The summed E-state index contributed by atoms with van der Waals surface area (Å²) in [5, 5.41) is 0.570. The summed E-state index contributed by atoms with van der Waals surface area (Å²) in [4.78, 5) is 32.2. The van der Waals surface area contributed by atoms with Crippen LogP contribution in [-0.2, 0) is 6.54 Å². The highest BCUT2D eigenvalue weighted by atomic mass is 32.1. The zero-order chi connectivity index (χ0) is 21.1. The summed E-state index contributed by atoms with van der Waals surface area (Å²) in [7, 11) is 2.91. The van der Waals surface area contributed by atoms with E-state index in [0.29, 0.717) is 11.7 Å². The van der Waals surface area contributed by atoms with Gasteiger partial charge in [0.15, 0.2) is 5.13 Å². The Balaban J connectivity index is 1.79. The van der Waals surface area contributed by atoms with Crippen molar-refractivity contribution < 1.29 is 14.3 Å². The van der Waals surface area contributed by atoms with Crippen LogP contribution in [0.3, 0.4) is 0 Å². The van der Waals surface area contributed by atoms with Gasteiger partial charge in [0.25, 0.3) is 5.91 Å². The number of carbonyl (C=O) groups is 1. The number of thiazole rings is 1. The van der Waals surface area contributed by atoms with Crippen molar-refractivity contribution in [3.63, 3.8) is 0 Å². The number of fused-ring (bicyclic) bond motifs is 1. The molecular formula is C21H19N5O3S. The third kappa shape index (κ3) is 4.06. The zero-order valence-corrected chi connectivity index (χ0v) is 17.5. The van der Waals surface area contributed by atoms with Crippen molar-refractivity contribution in [3.05, 3.63) is 65.6 Å². The van der Waals surface area contributed by atoms with E-state index in [-0.39, 0.29) is 23.5 Å². The van der Waals surface area contributed by atoms with Crippen molar-refractivity contribution in [1.29, 1.82) is 0 Å². The lowest BCUT2D eigenvalue weighted by Crippen LogP contribution is -2.31. The van der Waals surface area contributed by atoms with Gasteiger partial charge in [-0.25, -0.2) is 4.98 Å². The first-order valence-corrected chi connectivity index (χ1v) is 9.94. The van der Waals surface area contributed by atoms with Gasteiger partial charge in [-0.2, -0.15) is 9.97 Å². The summed E-state index contributed by atoms with van der Waals surface area (Å²) in [6, 6.07) is 11.3. The predicted molar refractivity (Wildman–Crippen MR) is 114 cm³/mol. The molecule has 1 aromatic carbocycles. The highest BCUT2D eigenvalue weighted by Crippen LogP contribution is 2.31. The van der Waals surface area contributed by atoms with E-state index in [0.717, 1.165) is 21.3 Å². The Kier molecular flexibility index (Phi) is 5.53. The van der Waals surface area contributed by atoms with Gasteiger partial charge in [-0.3, -0.25) is 14.7 Å². The molecule has 0 bridgehead atoms. The van der Waals surface area contributed by atoms with E-state index in [9.17, 15) is 4.79 Å². The molecule has 8 nitrogen and oxygen atoms in total. The number of rotatable bonds is 6. The molecule has 0 atom stereocenters. The van der Waals surface area contributed by atoms with Crippen molar-refractivity contribution in [2.45, 2.75) is 13.5 Å². The Labute approximate surface area is 177 Å². The first-order chi connectivity index (χ1) is 14.6. The van der Waals surface area contributed by atoms with Gasteiger partial charge in [0, 0.05) is 18.5 Å². The van der Waals surface area contributed by atoms with Crippen LogP contribution in [0.2, 0.25) is 0 Å². The Morgan fingerprint density at radius 3 is 2.70 bits per heavy atom. The van der Waals surface area contributed by atoms with Gasteiger partial charge in [-0.15, -0.1) is 0 Å². The lowest BCUT2D eigenvalue weighted by atomic mass is 10.2. The number of aromatic nitrogens is 4. The number of hydrogen-bond acceptors (Lipinski definition) is 8. The van der Waals surface area contributed by atoms with Crippen LogP contribution < -0.4 is 14.4 Å². The smallest absolute Gasteiger partial charge is 0.320 e. The monoisotopic (exact) mass is 421 g/mol. The molecule has 0 aliphatic heterocycles. The minimum atomic E-state index is -0.339. The highest BCUT2D eigenvalue weighted by Gasteiger charge is 2.24. The van der Waals surface area contributed by atoms with Crippen molar-refractivity contribution in [1.82, 2.24) is 19.9 Å². The lowest BCUT2D eigenvalue weighted by Gasteiger charge is -2.19. The summed E-state index contributed by atoms with van der Waals surface area (Å²) in [5.74, 6) is -0.0971. The maximum Gasteiger partial charge on any atom is 0.320 e. The van der Waals surface area contributed by atoms with Crippen LogP contribution in [0.1, 0.15) is 21.6 Å². The fourth-order valence-corrected chi connectivity index (χ4v) is 3.94. The Bertz CT molecular complexity index is 1170. The van der Waals surface area contributed by atoms with E-state index in [1.54, 1.807) is 17.3 Å². The number of amides is 1. The molecule has 4 rings (SSSR count). The van der Waals surface area contributed by atoms with Crippen molar-refractivity contribution in [2.75, 3.05) is 19.1 Å². The summed E-state index contributed by atoms with van der Waals surface area (Å²) in [6.07, 6.45) is 3.41. The molecule has 0 saturated carbocycles. The standard InChI is InChI=1S/C21H19N5O3S/c1-13-6-7-15-17(9-13)30-21(24-15)26(12-14-5-4-8-22-11-14)19(27)16-10-18(28-2)25-20(23-16)29-3/h4-11H,12H2,1-3H3. The second kappa shape index (κ2) is 8.42. The van der Waals surface area contributed by atoms with Gasteiger partial charge >= 0.3 is 6.01 Å². The van der Waals surface area contributed by atoms with Crippen LogP contribution in [0.25, 0.3) is 10.2 Å². The molecule has 152 valence electrons. The number of anilines is 1. The molecule has 0 radical (unpaired) electrons. The van der Waals surface area contributed by atoms with Gasteiger partial charge in [0.1, 0.15) is 5.69 Å². The number of methoxy groups -OCH3 is 2. The number of carbonyl (C=O) groups excluding carboxylic acids is 1. The highest BCUT2D eigenvalue weighted by molar-refractivity contribution is 7.22. The van der Waals surface area contributed by atoms with Crippen LogP contribution in [0.4, 0.5) is 5.13 Å². The minimum Gasteiger partial charge on any atom is -0.481 e. The van der Waals surface area contributed by atoms with Gasteiger partial charge in [-0.1, -0.05) is 23.5 Å².